The van der Waals surface area contributed by atoms with Gasteiger partial charge in [-0.15, -0.1) is 0 Å². The first-order chi connectivity index (χ1) is 7.72. The van der Waals surface area contributed by atoms with Crippen molar-refractivity contribution in [2.45, 2.75) is 39.0 Å². The molecule has 0 aromatic heterocycles. The lowest BCUT2D eigenvalue weighted by Gasteiger charge is -2.42. The van der Waals surface area contributed by atoms with Gasteiger partial charge in [-0.25, -0.2) is 0 Å². The lowest BCUT2D eigenvalue weighted by Crippen LogP contribution is -2.57. The number of likely N-dealkylation sites (N-methyl/N-ethyl adjacent to an activating group) is 1. The van der Waals surface area contributed by atoms with E-state index in [-0.39, 0.29) is 0 Å². The van der Waals surface area contributed by atoms with Crippen molar-refractivity contribution in [3.8, 4) is 0 Å². The number of hydrogen-bond donors (Lipinski definition) is 1. The molecule has 1 saturated heterocycles. The third kappa shape index (κ3) is 3.21. The largest absolute Gasteiger partial charge is 0.324 e. The lowest BCUT2D eigenvalue weighted by molar-refractivity contribution is -0.914. The molecule has 0 radical (unpaired) electrons. The van der Waals surface area contributed by atoms with Crippen molar-refractivity contribution in [3.05, 3.63) is 0 Å². The van der Waals surface area contributed by atoms with Crippen LogP contribution in [0.1, 0.15) is 39.0 Å². The highest BCUT2D eigenvalue weighted by molar-refractivity contribution is 4.72. The van der Waals surface area contributed by atoms with Gasteiger partial charge in [0.25, 0.3) is 0 Å². The molecule has 0 amide bonds. The molecule has 0 unspecified atom stereocenters. The summed E-state index contributed by atoms with van der Waals surface area (Å²) in [5, 5.41) is 3.48. The summed E-state index contributed by atoms with van der Waals surface area (Å²) < 4.78 is 1.33. The summed E-state index contributed by atoms with van der Waals surface area (Å²) in [6.45, 7) is 8.93. The quantitative estimate of drug-likeness (QED) is 0.727. The number of hydrogen-bond acceptors (Lipinski definition) is 1. The average molecular weight is 225 g/mol. The van der Waals surface area contributed by atoms with E-state index >= 15 is 0 Å². The van der Waals surface area contributed by atoms with Gasteiger partial charge >= 0.3 is 0 Å². The van der Waals surface area contributed by atoms with Gasteiger partial charge in [-0.3, -0.25) is 0 Å². The second-order valence-electron chi connectivity index (χ2n) is 6.29. The van der Waals surface area contributed by atoms with Crippen LogP contribution in [0.3, 0.4) is 0 Å². The van der Waals surface area contributed by atoms with E-state index in [1.165, 1.54) is 69.3 Å². The summed E-state index contributed by atoms with van der Waals surface area (Å²) in [5.74, 6) is 2.07. The van der Waals surface area contributed by atoms with E-state index in [2.05, 4.69) is 19.3 Å². The molecule has 0 bridgehead atoms. The molecule has 0 spiro atoms. The van der Waals surface area contributed by atoms with Gasteiger partial charge in [0, 0.05) is 19.0 Å². The second-order valence-corrected chi connectivity index (χ2v) is 6.29. The fourth-order valence-electron chi connectivity index (χ4n) is 3.56. The normalized spacial score (nSPS) is 34.9. The Bertz CT molecular complexity index is 201. The fourth-order valence-corrected chi connectivity index (χ4v) is 3.56. The molecular weight excluding hydrogens is 196 g/mol. The topological polar surface area (TPSA) is 12.0 Å². The van der Waals surface area contributed by atoms with Crippen LogP contribution in [0.25, 0.3) is 0 Å². The molecule has 1 aliphatic carbocycles. The highest BCUT2D eigenvalue weighted by Gasteiger charge is 2.30. The van der Waals surface area contributed by atoms with Gasteiger partial charge in [-0.1, -0.05) is 13.3 Å². The Balaban J connectivity index is 1.77. The Morgan fingerprint density at radius 2 is 1.56 bits per heavy atom. The predicted molar refractivity (Wildman–Crippen MR) is 69.4 cm³/mol. The van der Waals surface area contributed by atoms with Gasteiger partial charge in [0.2, 0.25) is 0 Å². The maximum atomic E-state index is 3.48. The molecule has 94 valence electrons. The van der Waals surface area contributed by atoms with Crippen LogP contribution in [0.5, 0.6) is 0 Å². The van der Waals surface area contributed by atoms with E-state index in [4.69, 9.17) is 0 Å². The van der Waals surface area contributed by atoms with Crippen LogP contribution in [-0.2, 0) is 0 Å². The smallest absolute Gasteiger partial charge is 0.0911 e. The van der Waals surface area contributed by atoms with Crippen molar-refractivity contribution in [2.75, 3.05) is 39.8 Å². The fraction of sp³-hybridized carbons (Fsp3) is 1.00. The maximum Gasteiger partial charge on any atom is 0.0911 e. The first kappa shape index (κ1) is 12.4. The lowest BCUT2D eigenvalue weighted by atomic mass is 9.80. The Hall–Kier alpha value is -0.0800. The third-order valence-electron chi connectivity index (χ3n) is 4.90. The van der Waals surface area contributed by atoms with Crippen LogP contribution in [0, 0.1) is 11.8 Å². The van der Waals surface area contributed by atoms with Crippen molar-refractivity contribution < 1.29 is 4.48 Å². The van der Waals surface area contributed by atoms with Crippen LogP contribution in [0.4, 0.5) is 0 Å². The Morgan fingerprint density at radius 1 is 1.00 bits per heavy atom. The molecule has 1 saturated carbocycles. The molecule has 2 nitrogen and oxygen atoms in total. The van der Waals surface area contributed by atoms with Crippen LogP contribution < -0.4 is 5.32 Å². The molecule has 2 fully saturated rings. The van der Waals surface area contributed by atoms with Gasteiger partial charge in [-0.05, 0) is 31.6 Å². The number of nitrogens with zero attached hydrogens (tertiary/aromatic N) is 1. The van der Waals surface area contributed by atoms with E-state index in [0.29, 0.717) is 0 Å². The highest BCUT2D eigenvalue weighted by Crippen LogP contribution is 2.32. The zero-order valence-electron chi connectivity index (χ0n) is 11.2. The molecule has 2 rings (SSSR count). The zero-order valence-corrected chi connectivity index (χ0v) is 11.2. The van der Waals surface area contributed by atoms with Crippen LogP contribution >= 0.6 is 0 Å². The van der Waals surface area contributed by atoms with E-state index in [0.717, 1.165) is 11.8 Å². The van der Waals surface area contributed by atoms with Crippen molar-refractivity contribution in [1.82, 2.24) is 5.32 Å². The second kappa shape index (κ2) is 5.50. The minimum atomic E-state index is 1.02. The zero-order chi connectivity index (χ0) is 11.4. The van der Waals surface area contributed by atoms with E-state index in [1.54, 1.807) is 0 Å². The molecule has 1 heterocycles. The van der Waals surface area contributed by atoms with Gasteiger partial charge in [0.15, 0.2) is 0 Å². The molecular formula is C14H29N2+. The Morgan fingerprint density at radius 3 is 2.12 bits per heavy atom. The summed E-state index contributed by atoms with van der Waals surface area (Å²) in [5.41, 5.74) is 0. The van der Waals surface area contributed by atoms with Crippen LogP contribution in [0.2, 0.25) is 0 Å². The summed E-state index contributed by atoms with van der Waals surface area (Å²) in [7, 11) is 2.47. The van der Waals surface area contributed by atoms with Crippen molar-refractivity contribution >= 4 is 0 Å². The van der Waals surface area contributed by atoms with E-state index < -0.39 is 0 Å². The van der Waals surface area contributed by atoms with Crippen molar-refractivity contribution in [1.29, 1.82) is 0 Å². The first-order valence-electron chi connectivity index (χ1n) is 7.26. The van der Waals surface area contributed by atoms with Crippen molar-refractivity contribution in [2.24, 2.45) is 11.8 Å². The molecule has 1 N–H and O–H groups in total. The van der Waals surface area contributed by atoms with Gasteiger partial charge in [-0.2, -0.15) is 0 Å². The Kier molecular flexibility index (Phi) is 4.26. The monoisotopic (exact) mass is 225 g/mol. The SMILES string of the molecule is CCC1CCC(C[N+]2(C)CCNCC2)CC1. The maximum absolute atomic E-state index is 3.48. The molecule has 0 atom stereocenters. The number of piperazine rings is 1. The molecule has 0 aromatic rings. The van der Waals surface area contributed by atoms with Gasteiger partial charge < -0.3 is 9.80 Å². The number of quaternary nitrogens is 1. The Labute approximate surface area is 101 Å². The van der Waals surface area contributed by atoms with Crippen LogP contribution in [-0.4, -0.2) is 44.3 Å². The molecule has 16 heavy (non-hydrogen) atoms. The molecule has 2 aliphatic rings. The van der Waals surface area contributed by atoms with Crippen molar-refractivity contribution in [3.63, 3.8) is 0 Å². The number of nitrogens with one attached hydrogen (secondary N) is 1. The summed E-state index contributed by atoms with van der Waals surface area (Å²) in [4.78, 5) is 0. The molecule has 2 heteroatoms. The summed E-state index contributed by atoms with van der Waals surface area (Å²) >= 11 is 0. The number of rotatable bonds is 3. The third-order valence-corrected chi connectivity index (χ3v) is 4.90. The summed E-state index contributed by atoms with van der Waals surface area (Å²) in [6.07, 6.45) is 7.40. The van der Waals surface area contributed by atoms with Crippen LogP contribution in [0.15, 0.2) is 0 Å². The average Bonchev–Trinajstić information content (AvgIpc) is 2.30. The van der Waals surface area contributed by atoms with Gasteiger partial charge in [0.1, 0.15) is 0 Å². The predicted octanol–water partition coefficient (Wildman–Crippen LogP) is 2.25. The summed E-state index contributed by atoms with van der Waals surface area (Å²) in [6, 6.07) is 0. The first-order valence-corrected chi connectivity index (χ1v) is 7.26. The van der Waals surface area contributed by atoms with E-state index in [1.807, 2.05) is 0 Å². The van der Waals surface area contributed by atoms with Gasteiger partial charge in [0.05, 0.1) is 26.7 Å². The minimum absolute atomic E-state index is 1.02. The minimum Gasteiger partial charge on any atom is -0.324 e. The highest BCUT2D eigenvalue weighted by atomic mass is 15.4. The van der Waals surface area contributed by atoms with E-state index in [9.17, 15) is 0 Å². The molecule has 1 aliphatic heterocycles. The standard InChI is InChI=1S/C14H29N2/c1-3-13-4-6-14(7-5-13)12-16(2)10-8-15-9-11-16/h13-15H,3-12H2,1-2H3/q+1. The molecule has 0 aromatic carbocycles.